The highest BCUT2D eigenvalue weighted by atomic mass is 32.1. The number of hydrogen-bond donors (Lipinski definition) is 2. The second-order valence-corrected chi connectivity index (χ2v) is 7.98. The van der Waals surface area contributed by atoms with Crippen LogP contribution in [0, 0.1) is 10.1 Å². The minimum Gasteiger partial charge on any atom is -0.465 e. The van der Waals surface area contributed by atoms with Crippen LogP contribution in [0.2, 0.25) is 0 Å². The lowest BCUT2D eigenvalue weighted by Gasteiger charge is -2.16. The van der Waals surface area contributed by atoms with Gasteiger partial charge in [0.05, 0.1) is 28.8 Å². The van der Waals surface area contributed by atoms with Crippen molar-refractivity contribution >= 4 is 51.0 Å². The third-order valence-electron chi connectivity index (χ3n) is 4.56. The van der Waals surface area contributed by atoms with Crippen LogP contribution in [0.15, 0.2) is 18.2 Å². The number of nitrogens with zero attached hydrogens (tertiary/aromatic N) is 1. The summed E-state index contributed by atoms with van der Waals surface area (Å²) in [6.07, 6.45) is -1.42. The molecule has 1 aliphatic carbocycles. The molecule has 0 fully saturated rings. The molecule has 160 valence electrons. The number of aryl methyl sites for hydroxylation is 1. The minimum absolute atomic E-state index is 0.182. The van der Waals surface area contributed by atoms with E-state index >= 15 is 0 Å². The van der Waals surface area contributed by atoms with Crippen molar-refractivity contribution in [2.75, 3.05) is 17.7 Å². The molecule has 0 saturated heterocycles. The number of nitro groups is 1. The Kier molecular flexibility index (Phi) is 6.27. The molecular formula is C18H16F3N3O4S2. The van der Waals surface area contributed by atoms with Crippen molar-refractivity contribution in [3.8, 4) is 0 Å². The molecule has 0 bridgehead atoms. The van der Waals surface area contributed by atoms with Crippen LogP contribution in [0.3, 0.4) is 0 Å². The molecule has 7 nitrogen and oxygen atoms in total. The molecule has 0 unspecified atom stereocenters. The highest BCUT2D eigenvalue weighted by molar-refractivity contribution is 7.80. The molecule has 1 aromatic heterocycles. The smallest absolute Gasteiger partial charge is 0.418 e. The number of non-ortho nitro benzene ring substituents is 1. The summed E-state index contributed by atoms with van der Waals surface area (Å²) in [5.74, 6) is -0.550. The second kappa shape index (κ2) is 8.56. The second-order valence-electron chi connectivity index (χ2n) is 6.47. The van der Waals surface area contributed by atoms with Crippen LogP contribution in [0.4, 0.5) is 29.5 Å². The Hall–Kier alpha value is -2.73. The topological polar surface area (TPSA) is 93.5 Å². The van der Waals surface area contributed by atoms with Gasteiger partial charge in [0.25, 0.3) is 5.69 Å². The third-order valence-corrected chi connectivity index (χ3v) is 5.97. The van der Waals surface area contributed by atoms with E-state index in [4.69, 9.17) is 17.0 Å². The summed E-state index contributed by atoms with van der Waals surface area (Å²) in [5, 5.41) is 16.2. The maximum absolute atomic E-state index is 13.4. The lowest BCUT2D eigenvalue weighted by molar-refractivity contribution is -0.385. The van der Waals surface area contributed by atoms with Crippen molar-refractivity contribution < 1.29 is 27.6 Å². The van der Waals surface area contributed by atoms with Crippen molar-refractivity contribution in [3.05, 3.63) is 49.9 Å². The van der Waals surface area contributed by atoms with Crippen LogP contribution in [0.25, 0.3) is 0 Å². The van der Waals surface area contributed by atoms with E-state index in [0.29, 0.717) is 23.1 Å². The predicted octanol–water partition coefficient (Wildman–Crippen LogP) is 5.15. The SMILES string of the molecule is COC(=O)c1c(NC(=S)Nc2ccc([N+](=O)[O-])cc2C(F)(F)F)sc2c1CCCC2. The summed E-state index contributed by atoms with van der Waals surface area (Å²) in [4.78, 5) is 23.2. The number of nitro benzene ring substituents is 1. The first-order valence-electron chi connectivity index (χ1n) is 8.78. The molecule has 1 heterocycles. The number of nitrogens with one attached hydrogen (secondary N) is 2. The van der Waals surface area contributed by atoms with Gasteiger partial charge in [-0.15, -0.1) is 11.3 Å². The van der Waals surface area contributed by atoms with E-state index in [9.17, 15) is 28.1 Å². The van der Waals surface area contributed by atoms with Gasteiger partial charge < -0.3 is 15.4 Å². The molecule has 1 aromatic carbocycles. The van der Waals surface area contributed by atoms with Crippen LogP contribution < -0.4 is 10.6 Å². The fourth-order valence-electron chi connectivity index (χ4n) is 3.22. The van der Waals surface area contributed by atoms with Crippen molar-refractivity contribution in [1.29, 1.82) is 0 Å². The van der Waals surface area contributed by atoms with Gasteiger partial charge in [-0.25, -0.2) is 4.79 Å². The minimum atomic E-state index is -4.83. The average molecular weight is 459 g/mol. The number of carbonyl (C=O) groups excluding carboxylic acids is 1. The van der Waals surface area contributed by atoms with Gasteiger partial charge in [0, 0.05) is 17.0 Å². The molecule has 3 rings (SSSR count). The molecule has 1 aliphatic rings. The Morgan fingerprint density at radius 2 is 1.97 bits per heavy atom. The largest absolute Gasteiger partial charge is 0.465 e. The number of fused-ring (bicyclic) bond motifs is 1. The Bertz CT molecular complexity index is 1020. The van der Waals surface area contributed by atoms with E-state index in [2.05, 4.69) is 10.6 Å². The number of thiophene rings is 1. The fourth-order valence-corrected chi connectivity index (χ4v) is 4.78. The third kappa shape index (κ3) is 4.54. The lowest BCUT2D eigenvalue weighted by atomic mass is 9.95. The molecule has 0 saturated carbocycles. The van der Waals surface area contributed by atoms with Gasteiger partial charge in [-0.05, 0) is 49.5 Å². The van der Waals surface area contributed by atoms with Gasteiger partial charge >= 0.3 is 12.1 Å². The first-order valence-corrected chi connectivity index (χ1v) is 10.0. The van der Waals surface area contributed by atoms with E-state index in [1.165, 1.54) is 18.4 Å². The summed E-state index contributed by atoms with van der Waals surface area (Å²) in [5.41, 5.74) is -1.15. The molecular weight excluding hydrogens is 443 g/mol. The van der Waals surface area contributed by atoms with E-state index in [1.807, 2.05) is 0 Å². The highest BCUT2D eigenvalue weighted by Gasteiger charge is 2.35. The average Bonchev–Trinajstić information content (AvgIpc) is 3.04. The summed E-state index contributed by atoms with van der Waals surface area (Å²) in [6, 6.07) is 2.33. The van der Waals surface area contributed by atoms with Crippen molar-refractivity contribution in [2.24, 2.45) is 0 Å². The molecule has 30 heavy (non-hydrogen) atoms. The lowest BCUT2D eigenvalue weighted by Crippen LogP contribution is -2.22. The van der Waals surface area contributed by atoms with Gasteiger partial charge in [0.15, 0.2) is 5.11 Å². The van der Waals surface area contributed by atoms with E-state index in [-0.39, 0.29) is 5.11 Å². The number of halogens is 3. The maximum atomic E-state index is 13.4. The number of thiocarbonyl (C=S) groups is 1. The van der Waals surface area contributed by atoms with Crippen molar-refractivity contribution in [3.63, 3.8) is 0 Å². The molecule has 2 aromatic rings. The zero-order valence-corrected chi connectivity index (χ0v) is 17.2. The highest BCUT2D eigenvalue weighted by Crippen LogP contribution is 2.40. The number of alkyl halides is 3. The molecule has 0 atom stereocenters. The van der Waals surface area contributed by atoms with Crippen LogP contribution in [-0.4, -0.2) is 23.1 Å². The molecule has 0 amide bonds. The van der Waals surface area contributed by atoms with E-state index < -0.39 is 34.0 Å². The number of hydrogen-bond acceptors (Lipinski definition) is 6. The quantitative estimate of drug-likeness (QED) is 0.283. The van der Waals surface area contributed by atoms with Crippen molar-refractivity contribution in [1.82, 2.24) is 0 Å². The Balaban J connectivity index is 1.89. The Morgan fingerprint density at radius 1 is 1.27 bits per heavy atom. The summed E-state index contributed by atoms with van der Waals surface area (Å²) in [7, 11) is 1.25. The van der Waals surface area contributed by atoms with E-state index in [1.54, 1.807) is 0 Å². The zero-order chi connectivity index (χ0) is 22.1. The number of carbonyl (C=O) groups is 1. The maximum Gasteiger partial charge on any atom is 0.418 e. The summed E-state index contributed by atoms with van der Waals surface area (Å²) in [6.45, 7) is 0. The van der Waals surface area contributed by atoms with Crippen molar-refractivity contribution in [2.45, 2.75) is 31.9 Å². The number of benzene rings is 1. The Morgan fingerprint density at radius 3 is 2.60 bits per heavy atom. The number of ether oxygens (including phenoxy) is 1. The standard InChI is InChI=1S/C18H16F3N3O4S2/c1-28-16(25)14-10-4-2-3-5-13(10)30-15(14)23-17(29)22-12-7-6-9(24(26)27)8-11(12)18(19,20)21/h6-8H,2-5H2,1H3,(H2,22,23,29). The summed E-state index contributed by atoms with van der Waals surface area (Å²) < 4.78 is 44.9. The summed E-state index contributed by atoms with van der Waals surface area (Å²) >= 11 is 6.45. The fraction of sp³-hybridized carbons (Fsp3) is 0.333. The van der Waals surface area contributed by atoms with Gasteiger partial charge in [-0.1, -0.05) is 0 Å². The Labute approximate surface area is 178 Å². The number of esters is 1. The molecule has 0 aliphatic heterocycles. The van der Waals surface area contributed by atoms with Crippen LogP contribution in [-0.2, 0) is 23.8 Å². The first kappa shape index (κ1) is 22.0. The first-order chi connectivity index (χ1) is 14.1. The molecule has 0 radical (unpaired) electrons. The molecule has 0 spiro atoms. The van der Waals surface area contributed by atoms with Crippen LogP contribution in [0.5, 0.6) is 0 Å². The number of anilines is 2. The normalized spacial score (nSPS) is 13.3. The zero-order valence-electron chi connectivity index (χ0n) is 15.6. The van der Waals surface area contributed by atoms with Crippen LogP contribution >= 0.6 is 23.6 Å². The molecule has 12 heteroatoms. The molecule has 2 N–H and O–H groups in total. The van der Waals surface area contributed by atoms with Gasteiger partial charge in [-0.3, -0.25) is 10.1 Å². The monoisotopic (exact) mass is 459 g/mol. The van der Waals surface area contributed by atoms with Gasteiger partial charge in [0.2, 0.25) is 0 Å². The van der Waals surface area contributed by atoms with E-state index in [0.717, 1.165) is 41.8 Å². The van der Waals surface area contributed by atoms with Gasteiger partial charge in [0.1, 0.15) is 5.00 Å². The number of methoxy groups -OCH3 is 1. The van der Waals surface area contributed by atoms with Crippen LogP contribution in [0.1, 0.15) is 39.2 Å². The number of rotatable bonds is 4. The predicted molar refractivity (Wildman–Crippen MR) is 110 cm³/mol. The van der Waals surface area contributed by atoms with Gasteiger partial charge in [-0.2, -0.15) is 13.2 Å².